The van der Waals surface area contributed by atoms with Crippen LogP contribution in [0.5, 0.6) is 5.75 Å². The second-order valence-electron chi connectivity index (χ2n) is 7.12. The van der Waals surface area contributed by atoms with E-state index in [1.165, 1.54) is 0 Å². The van der Waals surface area contributed by atoms with Crippen LogP contribution < -0.4 is 14.8 Å². The molecule has 3 aromatic carbocycles. The average Bonchev–Trinajstić information content (AvgIpc) is 2.81. The zero-order valence-electron chi connectivity index (χ0n) is 17.6. The number of aryl methyl sites for hydroxylation is 1. The summed E-state index contributed by atoms with van der Waals surface area (Å²) in [5.41, 5.74) is 3.85. The van der Waals surface area contributed by atoms with Crippen LogP contribution in [-0.2, 0) is 10.0 Å². The molecule has 0 saturated heterocycles. The zero-order valence-corrected chi connectivity index (χ0v) is 18.4. The van der Waals surface area contributed by atoms with Gasteiger partial charge in [0, 0.05) is 23.1 Å². The molecule has 0 radical (unpaired) electrons. The second-order valence-corrected chi connectivity index (χ2v) is 8.80. The van der Waals surface area contributed by atoms with E-state index in [4.69, 9.17) is 4.74 Å². The molecule has 0 amide bonds. The van der Waals surface area contributed by atoms with Crippen LogP contribution in [0.4, 0.5) is 17.3 Å². The van der Waals surface area contributed by atoms with Crippen molar-refractivity contribution in [2.24, 2.45) is 0 Å². The van der Waals surface area contributed by atoms with Crippen molar-refractivity contribution in [3.05, 3.63) is 90.6 Å². The lowest BCUT2D eigenvalue weighted by Gasteiger charge is -2.10. The maximum atomic E-state index is 12.6. The predicted octanol–water partition coefficient (Wildman–Crippen LogP) is 5.01. The molecule has 0 aliphatic carbocycles. The van der Waals surface area contributed by atoms with Gasteiger partial charge in [0.1, 0.15) is 5.75 Å². The summed E-state index contributed by atoms with van der Waals surface area (Å²) in [7, 11) is -2.03. The SMILES string of the molecule is COc1cccc(-c2ccnc(Nc3ccc(NS(=O)(=O)c4ccc(C)cc4)cc3)n2)c1. The smallest absolute Gasteiger partial charge is 0.261 e. The number of anilines is 3. The fourth-order valence-electron chi connectivity index (χ4n) is 3.04. The van der Waals surface area contributed by atoms with E-state index in [9.17, 15) is 8.42 Å². The number of benzene rings is 3. The summed E-state index contributed by atoms with van der Waals surface area (Å²) in [6, 6.07) is 23.0. The summed E-state index contributed by atoms with van der Waals surface area (Å²) in [4.78, 5) is 9.04. The van der Waals surface area contributed by atoms with E-state index < -0.39 is 10.0 Å². The molecule has 0 atom stereocenters. The van der Waals surface area contributed by atoms with E-state index in [0.717, 1.165) is 28.3 Å². The Morgan fingerprint density at radius 1 is 0.875 bits per heavy atom. The molecule has 0 bridgehead atoms. The Kier molecular flexibility index (Phi) is 6.04. The van der Waals surface area contributed by atoms with Gasteiger partial charge in [-0.3, -0.25) is 4.72 Å². The van der Waals surface area contributed by atoms with Gasteiger partial charge in [-0.1, -0.05) is 29.8 Å². The molecule has 1 aromatic heterocycles. The molecule has 4 aromatic rings. The molecule has 0 spiro atoms. The van der Waals surface area contributed by atoms with Crippen LogP contribution >= 0.6 is 0 Å². The molecule has 0 unspecified atom stereocenters. The summed E-state index contributed by atoms with van der Waals surface area (Å²) in [5.74, 6) is 1.18. The maximum absolute atomic E-state index is 12.6. The summed E-state index contributed by atoms with van der Waals surface area (Å²) < 4.78 is 33.0. The van der Waals surface area contributed by atoms with Crippen LogP contribution in [0.25, 0.3) is 11.3 Å². The van der Waals surface area contributed by atoms with E-state index in [-0.39, 0.29) is 4.90 Å². The van der Waals surface area contributed by atoms with E-state index in [1.807, 2.05) is 37.3 Å². The van der Waals surface area contributed by atoms with Crippen LogP contribution in [0.15, 0.2) is 90.0 Å². The van der Waals surface area contributed by atoms with Crippen LogP contribution in [0.3, 0.4) is 0 Å². The number of nitrogens with one attached hydrogen (secondary N) is 2. The van der Waals surface area contributed by atoms with Gasteiger partial charge in [0.2, 0.25) is 5.95 Å². The van der Waals surface area contributed by atoms with Gasteiger partial charge in [-0.05, 0) is 61.5 Å². The summed E-state index contributed by atoms with van der Waals surface area (Å²) in [5, 5.41) is 3.14. The Morgan fingerprint density at radius 3 is 2.31 bits per heavy atom. The highest BCUT2D eigenvalue weighted by molar-refractivity contribution is 7.92. The van der Waals surface area contributed by atoms with Gasteiger partial charge < -0.3 is 10.1 Å². The zero-order chi connectivity index (χ0) is 22.6. The fraction of sp³-hybridized carbons (Fsp3) is 0.0833. The molecule has 32 heavy (non-hydrogen) atoms. The van der Waals surface area contributed by atoms with Crippen molar-refractivity contribution in [2.75, 3.05) is 17.1 Å². The number of hydrogen-bond acceptors (Lipinski definition) is 6. The number of sulfonamides is 1. The molecule has 2 N–H and O–H groups in total. The molecule has 4 rings (SSSR count). The largest absolute Gasteiger partial charge is 0.497 e. The van der Waals surface area contributed by atoms with Crippen molar-refractivity contribution in [3.63, 3.8) is 0 Å². The Hall–Kier alpha value is -3.91. The molecular weight excluding hydrogens is 424 g/mol. The van der Waals surface area contributed by atoms with Gasteiger partial charge >= 0.3 is 0 Å². The normalized spacial score (nSPS) is 11.1. The Morgan fingerprint density at radius 2 is 1.59 bits per heavy atom. The minimum absolute atomic E-state index is 0.216. The van der Waals surface area contributed by atoms with Crippen molar-refractivity contribution < 1.29 is 13.2 Å². The molecule has 1 heterocycles. The molecule has 162 valence electrons. The molecule has 0 saturated carbocycles. The first-order chi connectivity index (χ1) is 15.4. The molecule has 8 heteroatoms. The number of aromatic nitrogens is 2. The van der Waals surface area contributed by atoms with Crippen molar-refractivity contribution in [1.29, 1.82) is 0 Å². The van der Waals surface area contributed by atoms with E-state index >= 15 is 0 Å². The molecular formula is C24H22N4O3S. The lowest BCUT2D eigenvalue weighted by molar-refractivity contribution is 0.415. The van der Waals surface area contributed by atoms with Crippen molar-refractivity contribution >= 4 is 27.3 Å². The summed E-state index contributed by atoms with van der Waals surface area (Å²) in [6.45, 7) is 1.91. The monoisotopic (exact) mass is 446 g/mol. The highest BCUT2D eigenvalue weighted by Crippen LogP contribution is 2.24. The average molecular weight is 447 g/mol. The quantitative estimate of drug-likeness (QED) is 0.415. The Bertz CT molecular complexity index is 1320. The van der Waals surface area contributed by atoms with Crippen molar-refractivity contribution in [1.82, 2.24) is 9.97 Å². The van der Waals surface area contributed by atoms with E-state index in [0.29, 0.717) is 11.6 Å². The van der Waals surface area contributed by atoms with Gasteiger partial charge in [-0.25, -0.2) is 18.4 Å². The van der Waals surface area contributed by atoms with E-state index in [2.05, 4.69) is 20.0 Å². The number of rotatable bonds is 7. The molecule has 7 nitrogen and oxygen atoms in total. The van der Waals surface area contributed by atoms with Gasteiger partial charge in [0.25, 0.3) is 10.0 Å². The third kappa shape index (κ3) is 5.04. The number of methoxy groups -OCH3 is 1. The van der Waals surface area contributed by atoms with Crippen LogP contribution in [0.2, 0.25) is 0 Å². The molecule has 0 aliphatic rings. The molecule has 0 aliphatic heterocycles. The minimum Gasteiger partial charge on any atom is -0.497 e. The van der Waals surface area contributed by atoms with Crippen LogP contribution in [0, 0.1) is 6.92 Å². The number of hydrogen-bond donors (Lipinski definition) is 2. The highest BCUT2D eigenvalue weighted by Gasteiger charge is 2.13. The van der Waals surface area contributed by atoms with Crippen LogP contribution in [0.1, 0.15) is 5.56 Å². The Labute approximate surface area is 187 Å². The first-order valence-corrected chi connectivity index (χ1v) is 11.4. The minimum atomic E-state index is -3.65. The third-order valence-corrected chi connectivity index (χ3v) is 6.14. The third-order valence-electron chi connectivity index (χ3n) is 4.75. The second kappa shape index (κ2) is 9.07. The molecule has 0 fully saturated rings. The lowest BCUT2D eigenvalue weighted by Crippen LogP contribution is -2.12. The van der Waals surface area contributed by atoms with Crippen LogP contribution in [-0.4, -0.2) is 25.5 Å². The van der Waals surface area contributed by atoms with Gasteiger partial charge in [-0.2, -0.15) is 0 Å². The highest BCUT2D eigenvalue weighted by atomic mass is 32.2. The summed E-state index contributed by atoms with van der Waals surface area (Å²) in [6.07, 6.45) is 1.67. The lowest BCUT2D eigenvalue weighted by atomic mass is 10.1. The number of ether oxygens (including phenoxy) is 1. The van der Waals surface area contributed by atoms with E-state index in [1.54, 1.807) is 61.8 Å². The fourth-order valence-corrected chi connectivity index (χ4v) is 4.10. The number of nitrogens with zero attached hydrogens (tertiary/aromatic N) is 2. The predicted molar refractivity (Wildman–Crippen MR) is 126 cm³/mol. The standard InChI is InChI=1S/C24H22N4O3S/c1-17-6-12-22(13-7-17)32(29,30)28-20-10-8-19(9-11-20)26-24-25-15-14-23(27-24)18-4-3-5-21(16-18)31-2/h3-16,28H,1-2H3,(H,25,26,27). The van der Waals surface area contributed by atoms with Crippen molar-refractivity contribution in [3.8, 4) is 17.0 Å². The van der Waals surface area contributed by atoms with Gasteiger partial charge in [0.05, 0.1) is 17.7 Å². The summed E-state index contributed by atoms with van der Waals surface area (Å²) >= 11 is 0. The first-order valence-electron chi connectivity index (χ1n) is 9.87. The Balaban J connectivity index is 1.47. The first kappa shape index (κ1) is 21.3. The van der Waals surface area contributed by atoms with Gasteiger partial charge in [-0.15, -0.1) is 0 Å². The van der Waals surface area contributed by atoms with Gasteiger partial charge in [0.15, 0.2) is 0 Å². The topological polar surface area (TPSA) is 93.2 Å². The maximum Gasteiger partial charge on any atom is 0.261 e. The van der Waals surface area contributed by atoms with Crippen molar-refractivity contribution in [2.45, 2.75) is 11.8 Å².